The van der Waals surface area contributed by atoms with Gasteiger partial charge in [-0.05, 0) is 36.1 Å². The Morgan fingerprint density at radius 2 is 1.89 bits per heavy atom. The first-order chi connectivity index (χ1) is 9.04. The van der Waals surface area contributed by atoms with Crippen molar-refractivity contribution < 1.29 is 4.74 Å². The third kappa shape index (κ3) is 6.60. The molecule has 1 rings (SSSR count). The van der Waals surface area contributed by atoms with E-state index in [2.05, 4.69) is 55.7 Å². The molecule has 108 valence electrons. The van der Waals surface area contributed by atoms with E-state index < -0.39 is 0 Å². The molecule has 0 amide bonds. The minimum absolute atomic E-state index is 0.208. The Labute approximate surface area is 117 Å². The first-order valence-electron chi connectivity index (χ1n) is 7.08. The Morgan fingerprint density at radius 1 is 1.11 bits per heavy atom. The van der Waals surface area contributed by atoms with Gasteiger partial charge < -0.3 is 15.4 Å². The van der Waals surface area contributed by atoms with E-state index in [1.807, 2.05) is 0 Å². The van der Waals surface area contributed by atoms with Crippen LogP contribution in [0, 0.1) is 0 Å². The summed E-state index contributed by atoms with van der Waals surface area (Å²) in [6.45, 7) is 10.4. The average molecular weight is 264 g/mol. The summed E-state index contributed by atoms with van der Waals surface area (Å²) in [4.78, 5) is 0. The summed E-state index contributed by atoms with van der Waals surface area (Å²) in [6.07, 6.45) is 1.11. The van der Waals surface area contributed by atoms with E-state index in [4.69, 9.17) is 4.74 Å². The first kappa shape index (κ1) is 16.0. The molecular weight excluding hydrogens is 236 g/mol. The van der Waals surface area contributed by atoms with Crippen molar-refractivity contribution in [3.05, 3.63) is 29.8 Å². The summed E-state index contributed by atoms with van der Waals surface area (Å²) in [7, 11) is 1.73. The molecule has 0 aliphatic rings. The maximum atomic E-state index is 4.98. The molecule has 2 N–H and O–H groups in total. The van der Waals surface area contributed by atoms with E-state index in [9.17, 15) is 0 Å². The van der Waals surface area contributed by atoms with Crippen molar-refractivity contribution in [2.45, 2.75) is 32.6 Å². The number of benzene rings is 1. The van der Waals surface area contributed by atoms with Crippen molar-refractivity contribution in [3.8, 4) is 0 Å². The monoisotopic (exact) mass is 264 g/mol. The Hall–Kier alpha value is -1.06. The first-order valence-corrected chi connectivity index (χ1v) is 7.08. The highest BCUT2D eigenvalue weighted by molar-refractivity contribution is 5.47. The van der Waals surface area contributed by atoms with Crippen LogP contribution in [0.25, 0.3) is 0 Å². The van der Waals surface area contributed by atoms with E-state index in [1.165, 1.54) is 11.3 Å². The molecule has 0 radical (unpaired) electrons. The maximum absolute atomic E-state index is 4.98. The smallest absolute Gasteiger partial charge is 0.0587 e. The third-order valence-electron chi connectivity index (χ3n) is 3.07. The fraction of sp³-hybridized carbons (Fsp3) is 0.625. The summed E-state index contributed by atoms with van der Waals surface area (Å²) in [5.41, 5.74) is 2.79. The second-order valence-electron chi connectivity index (χ2n) is 5.85. The fourth-order valence-corrected chi connectivity index (χ4v) is 1.84. The second-order valence-corrected chi connectivity index (χ2v) is 5.85. The van der Waals surface area contributed by atoms with Crippen molar-refractivity contribution in [2.75, 3.05) is 38.7 Å². The van der Waals surface area contributed by atoms with Crippen LogP contribution in [0.3, 0.4) is 0 Å². The molecular formula is C16H28N2O. The SMILES string of the molecule is COCCNCCCNc1cccc(C(C)(C)C)c1. The fourth-order valence-electron chi connectivity index (χ4n) is 1.84. The Kier molecular flexibility index (Phi) is 6.89. The number of methoxy groups -OCH3 is 1. The minimum Gasteiger partial charge on any atom is -0.385 e. The van der Waals surface area contributed by atoms with Crippen molar-refractivity contribution in [1.29, 1.82) is 0 Å². The van der Waals surface area contributed by atoms with Gasteiger partial charge in [-0.3, -0.25) is 0 Å². The topological polar surface area (TPSA) is 33.3 Å². The standard InChI is InChI=1S/C16H28N2O/c1-16(2,3)14-7-5-8-15(13-14)18-10-6-9-17-11-12-19-4/h5,7-8,13,17-18H,6,9-12H2,1-4H3. The van der Waals surface area contributed by atoms with Crippen molar-refractivity contribution in [3.63, 3.8) is 0 Å². The van der Waals surface area contributed by atoms with E-state index in [0.717, 1.165) is 32.7 Å². The minimum atomic E-state index is 0.208. The van der Waals surface area contributed by atoms with E-state index in [-0.39, 0.29) is 5.41 Å². The summed E-state index contributed by atoms with van der Waals surface area (Å²) in [6, 6.07) is 8.70. The molecule has 19 heavy (non-hydrogen) atoms. The molecule has 0 aliphatic heterocycles. The number of nitrogens with one attached hydrogen (secondary N) is 2. The van der Waals surface area contributed by atoms with Crippen LogP contribution in [-0.2, 0) is 10.2 Å². The molecule has 0 saturated heterocycles. The molecule has 0 saturated carbocycles. The molecule has 0 atom stereocenters. The van der Waals surface area contributed by atoms with Crippen LogP contribution in [0.1, 0.15) is 32.8 Å². The molecule has 0 spiro atoms. The van der Waals surface area contributed by atoms with Gasteiger partial charge in [-0.1, -0.05) is 32.9 Å². The maximum Gasteiger partial charge on any atom is 0.0587 e. The van der Waals surface area contributed by atoms with Crippen LogP contribution in [0.4, 0.5) is 5.69 Å². The van der Waals surface area contributed by atoms with Crippen molar-refractivity contribution in [2.24, 2.45) is 0 Å². The number of anilines is 1. The van der Waals surface area contributed by atoms with Gasteiger partial charge in [0.2, 0.25) is 0 Å². The van der Waals surface area contributed by atoms with Crippen LogP contribution >= 0.6 is 0 Å². The average Bonchev–Trinajstić information content (AvgIpc) is 2.37. The molecule has 3 nitrogen and oxygen atoms in total. The lowest BCUT2D eigenvalue weighted by molar-refractivity contribution is 0.199. The van der Waals surface area contributed by atoms with Crippen LogP contribution in [0.2, 0.25) is 0 Å². The van der Waals surface area contributed by atoms with Crippen LogP contribution in [0.5, 0.6) is 0 Å². The second kappa shape index (κ2) is 8.18. The summed E-state index contributed by atoms with van der Waals surface area (Å²) in [5.74, 6) is 0. The van der Waals surface area contributed by atoms with Gasteiger partial charge in [-0.25, -0.2) is 0 Å². The van der Waals surface area contributed by atoms with E-state index in [0.29, 0.717) is 0 Å². The molecule has 0 unspecified atom stereocenters. The van der Waals surface area contributed by atoms with Crippen LogP contribution < -0.4 is 10.6 Å². The van der Waals surface area contributed by atoms with Crippen LogP contribution in [0.15, 0.2) is 24.3 Å². The number of hydrogen-bond acceptors (Lipinski definition) is 3. The Morgan fingerprint density at radius 3 is 2.58 bits per heavy atom. The van der Waals surface area contributed by atoms with Gasteiger partial charge in [0.05, 0.1) is 6.61 Å². The molecule has 1 aromatic rings. The predicted octanol–water partition coefficient (Wildman–Crippen LogP) is 3.02. The largest absolute Gasteiger partial charge is 0.385 e. The summed E-state index contributed by atoms with van der Waals surface area (Å²) >= 11 is 0. The van der Waals surface area contributed by atoms with Crippen molar-refractivity contribution in [1.82, 2.24) is 5.32 Å². The predicted molar refractivity (Wildman–Crippen MR) is 83.0 cm³/mol. The highest BCUT2D eigenvalue weighted by atomic mass is 16.5. The lowest BCUT2D eigenvalue weighted by atomic mass is 9.87. The van der Waals surface area contributed by atoms with Gasteiger partial charge in [0, 0.05) is 25.9 Å². The zero-order valence-corrected chi connectivity index (χ0v) is 12.8. The van der Waals surface area contributed by atoms with E-state index in [1.54, 1.807) is 7.11 Å². The molecule has 0 fully saturated rings. The van der Waals surface area contributed by atoms with Gasteiger partial charge in [0.15, 0.2) is 0 Å². The normalized spacial score (nSPS) is 11.6. The number of ether oxygens (including phenoxy) is 1. The van der Waals surface area contributed by atoms with Gasteiger partial charge in [-0.15, -0.1) is 0 Å². The third-order valence-corrected chi connectivity index (χ3v) is 3.07. The summed E-state index contributed by atoms with van der Waals surface area (Å²) in [5, 5.41) is 6.82. The van der Waals surface area contributed by atoms with E-state index >= 15 is 0 Å². The molecule has 0 heterocycles. The molecule has 0 aromatic heterocycles. The van der Waals surface area contributed by atoms with Gasteiger partial charge >= 0.3 is 0 Å². The number of hydrogen-bond donors (Lipinski definition) is 2. The molecule has 0 aliphatic carbocycles. The van der Waals surface area contributed by atoms with Crippen LogP contribution in [-0.4, -0.2) is 33.4 Å². The molecule has 1 aromatic carbocycles. The molecule has 3 heteroatoms. The number of rotatable bonds is 8. The van der Waals surface area contributed by atoms with Gasteiger partial charge in [0.1, 0.15) is 0 Å². The highest BCUT2D eigenvalue weighted by Gasteiger charge is 2.13. The van der Waals surface area contributed by atoms with Gasteiger partial charge in [-0.2, -0.15) is 0 Å². The lowest BCUT2D eigenvalue weighted by Crippen LogP contribution is -2.22. The zero-order valence-electron chi connectivity index (χ0n) is 12.8. The molecule has 0 bridgehead atoms. The Balaban J connectivity index is 2.26. The van der Waals surface area contributed by atoms with Crippen molar-refractivity contribution >= 4 is 5.69 Å². The quantitative estimate of drug-likeness (QED) is 0.708. The summed E-state index contributed by atoms with van der Waals surface area (Å²) < 4.78 is 4.98. The zero-order chi connectivity index (χ0) is 14.1. The van der Waals surface area contributed by atoms with Gasteiger partial charge in [0.25, 0.3) is 0 Å². The Bertz CT molecular complexity index is 358. The lowest BCUT2D eigenvalue weighted by Gasteiger charge is -2.20. The highest BCUT2D eigenvalue weighted by Crippen LogP contribution is 2.24.